The van der Waals surface area contributed by atoms with Gasteiger partial charge in [-0.15, -0.1) is 0 Å². The molecule has 1 aliphatic rings. The molecule has 1 aromatic heterocycles. The van der Waals surface area contributed by atoms with Gasteiger partial charge >= 0.3 is 0 Å². The SMILES string of the molecule is CC(C)Cn1cc(CNSC(C)(C)C)c2cc(F)c(C3CC3)cc21. The van der Waals surface area contributed by atoms with Crippen molar-refractivity contribution in [1.82, 2.24) is 9.29 Å². The van der Waals surface area contributed by atoms with Crippen LogP contribution in [0.25, 0.3) is 10.9 Å². The van der Waals surface area contributed by atoms with Crippen molar-refractivity contribution >= 4 is 22.9 Å². The van der Waals surface area contributed by atoms with Gasteiger partial charge in [-0.2, -0.15) is 0 Å². The topological polar surface area (TPSA) is 17.0 Å². The minimum Gasteiger partial charge on any atom is -0.347 e. The lowest BCUT2D eigenvalue weighted by atomic mass is 10.1. The average molecular weight is 349 g/mol. The normalized spacial score (nSPS) is 15.6. The molecule has 0 aliphatic heterocycles. The summed E-state index contributed by atoms with van der Waals surface area (Å²) < 4.78 is 20.5. The van der Waals surface area contributed by atoms with Crippen LogP contribution in [-0.4, -0.2) is 9.31 Å². The monoisotopic (exact) mass is 348 g/mol. The predicted octanol–water partition coefficient (Wildman–Crippen LogP) is 5.85. The molecule has 1 aromatic carbocycles. The molecule has 0 amide bonds. The van der Waals surface area contributed by atoms with Gasteiger partial charge in [-0.3, -0.25) is 4.72 Å². The summed E-state index contributed by atoms with van der Waals surface area (Å²) in [6, 6.07) is 3.86. The Morgan fingerprint density at radius 3 is 2.58 bits per heavy atom. The molecule has 0 unspecified atom stereocenters. The second kappa shape index (κ2) is 6.72. The van der Waals surface area contributed by atoms with Gasteiger partial charge in [0.1, 0.15) is 5.82 Å². The summed E-state index contributed by atoms with van der Waals surface area (Å²) in [5.41, 5.74) is 3.28. The van der Waals surface area contributed by atoms with Crippen LogP contribution in [-0.2, 0) is 13.1 Å². The van der Waals surface area contributed by atoms with Gasteiger partial charge < -0.3 is 4.57 Å². The van der Waals surface area contributed by atoms with Gasteiger partial charge in [-0.25, -0.2) is 4.39 Å². The molecule has 1 saturated carbocycles. The highest BCUT2D eigenvalue weighted by Crippen LogP contribution is 2.43. The van der Waals surface area contributed by atoms with Crippen molar-refractivity contribution < 1.29 is 4.39 Å². The van der Waals surface area contributed by atoms with E-state index in [0.717, 1.165) is 36.9 Å². The summed E-state index contributed by atoms with van der Waals surface area (Å²) >= 11 is 1.73. The summed E-state index contributed by atoms with van der Waals surface area (Å²) in [7, 11) is 0. The maximum Gasteiger partial charge on any atom is 0.127 e. The Hall–Kier alpha value is -1.00. The second-order valence-corrected chi connectivity index (χ2v) is 10.1. The Balaban J connectivity index is 1.94. The molecule has 132 valence electrons. The first kappa shape index (κ1) is 17.8. The minimum atomic E-state index is -0.0305. The summed E-state index contributed by atoms with van der Waals surface area (Å²) in [6.45, 7) is 12.7. The Morgan fingerprint density at radius 1 is 1.29 bits per heavy atom. The molecule has 1 N–H and O–H groups in total. The molecule has 24 heavy (non-hydrogen) atoms. The molecule has 2 aromatic rings. The standard InChI is InChI=1S/C20H29FN2S/c1-13(2)11-23-12-15(10-22-24-20(3,4)5)17-8-18(21)16(9-19(17)23)14-6-7-14/h8-9,12-14,22H,6-7,10-11H2,1-5H3. The molecule has 1 heterocycles. The number of benzene rings is 1. The number of nitrogens with one attached hydrogen (secondary N) is 1. The summed E-state index contributed by atoms with van der Waals surface area (Å²) in [6.07, 6.45) is 4.46. The highest BCUT2D eigenvalue weighted by Gasteiger charge is 2.27. The highest BCUT2D eigenvalue weighted by molar-refractivity contribution is 7.98. The maximum atomic E-state index is 14.5. The molecule has 2 nitrogen and oxygen atoms in total. The molecule has 0 radical (unpaired) electrons. The average Bonchev–Trinajstić information content (AvgIpc) is 3.23. The Morgan fingerprint density at radius 2 is 2.00 bits per heavy atom. The van der Waals surface area contributed by atoms with Crippen molar-refractivity contribution in [2.75, 3.05) is 0 Å². The lowest BCUT2D eigenvalue weighted by Gasteiger charge is -2.17. The largest absolute Gasteiger partial charge is 0.347 e. The van der Waals surface area contributed by atoms with Crippen LogP contribution in [0.1, 0.15) is 64.5 Å². The molecule has 0 spiro atoms. The first-order chi connectivity index (χ1) is 11.2. The Kier molecular flexibility index (Phi) is 4.99. The van der Waals surface area contributed by atoms with E-state index in [9.17, 15) is 4.39 Å². The van der Waals surface area contributed by atoms with E-state index in [1.54, 1.807) is 18.0 Å². The zero-order valence-corrected chi connectivity index (χ0v) is 16.3. The van der Waals surface area contributed by atoms with Crippen LogP contribution >= 0.6 is 11.9 Å². The Bertz CT molecular complexity index is 723. The van der Waals surface area contributed by atoms with E-state index in [-0.39, 0.29) is 10.6 Å². The number of aromatic nitrogens is 1. The van der Waals surface area contributed by atoms with Gasteiger partial charge in [0.25, 0.3) is 0 Å². The van der Waals surface area contributed by atoms with E-state index < -0.39 is 0 Å². The van der Waals surface area contributed by atoms with Gasteiger partial charge in [0.05, 0.1) is 0 Å². The zero-order chi connectivity index (χ0) is 17.5. The van der Waals surface area contributed by atoms with Crippen molar-refractivity contribution in [3.05, 3.63) is 35.3 Å². The highest BCUT2D eigenvalue weighted by atomic mass is 32.2. The van der Waals surface area contributed by atoms with Crippen molar-refractivity contribution in [2.45, 2.75) is 71.2 Å². The van der Waals surface area contributed by atoms with E-state index in [4.69, 9.17) is 0 Å². The lowest BCUT2D eigenvalue weighted by molar-refractivity contribution is 0.534. The number of nitrogens with zero attached hydrogens (tertiary/aromatic N) is 1. The first-order valence-corrected chi connectivity index (χ1v) is 9.78. The van der Waals surface area contributed by atoms with Gasteiger partial charge in [0.2, 0.25) is 0 Å². The van der Waals surface area contributed by atoms with Crippen molar-refractivity contribution in [3.8, 4) is 0 Å². The fourth-order valence-electron chi connectivity index (χ4n) is 3.12. The van der Waals surface area contributed by atoms with Gasteiger partial charge in [0, 0.05) is 34.9 Å². The molecule has 0 saturated heterocycles. The zero-order valence-electron chi connectivity index (χ0n) is 15.4. The first-order valence-electron chi connectivity index (χ1n) is 8.96. The second-order valence-electron chi connectivity index (χ2n) is 8.40. The third-order valence-corrected chi connectivity index (χ3v) is 5.20. The van der Waals surface area contributed by atoms with Gasteiger partial charge in [0.15, 0.2) is 0 Å². The third-order valence-electron chi connectivity index (χ3n) is 4.30. The molecular formula is C20H29FN2S. The van der Waals surface area contributed by atoms with E-state index in [0.29, 0.717) is 11.8 Å². The fourth-order valence-corrected chi connectivity index (χ4v) is 3.78. The van der Waals surface area contributed by atoms with E-state index in [1.807, 2.05) is 0 Å². The fraction of sp³-hybridized carbons (Fsp3) is 0.600. The van der Waals surface area contributed by atoms with Crippen molar-refractivity contribution in [2.24, 2.45) is 5.92 Å². The van der Waals surface area contributed by atoms with Crippen LogP contribution in [0.4, 0.5) is 4.39 Å². The van der Waals surface area contributed by atoms with Crippen molar-refractivity contribution in [3.63, 3.8) is 0 Å². The number of fused-ring (bicyclic) bond motifs is 1. The van der Waals surface area contributed by atoms with Gasteiger partial charge in [-0.05, 0) is 68.7 Å². The Labute approximate surface area is 149 Å². The van der Waals surface area contributed by atoms with E-state index in [1.165, 1.54) is 11.1 Å². The number of halogens is 1. The molecule has 3 rings (SSSR count). The molecule has 0 bridgehead atoms. The van der Waals surface area contributed by atoms with Crippen LogP contribution < -0.4 is 4.72 Å². The quantitative estimate of drug-likeness (QED) is 0.659. The number of rotatable bonds is 6. The van der Waals surface area contributed by atoms with Crippen molar-refractivity contribution in [1.29, 1.82) is 0 Å². The van der Waals surface area contributed by atoms with Crippen LogP contribution in [0, 0.1) is 11.7 Å². The molecule has 4 heteroatoms. The summed E-state index contributed by atoms with van der Waals surface area (Å²) in [5.74, 6) is 0.978. The van der Waals surface area contributed by atoms with Crippen LogP contribution in [0.15, 0.2) is 18.3 Å². The smallest absolute Gasteiger partial charge is 0.127 e. The van der Waals surface area contributed by atoms with E-state index in [2.05, 4.69) is 56.2 Å². The third kappa shape index (κ3) is 4.15. The molecule has 0 atom stereocenters. The molecule has 1 aliphatic carbocycles. The minimum absolute atomic E-state index is 0.0305. The van der Waals surface area contributed by atoms with Crippen LogP contribution in [0.2, 0.25) is 0 Å². The molecular weight excluding hydrogens is 319 g/mol. The lowest BCUT2D eigenvalue weighted by Crippen LogP contribution is -2.16. The summed E-state index contributed by atoms with van der Waals surface area (Å²) in [5, 5.41) is 1.06. The number of hydrogen-bond donors (Lipinski definition) is 1. The van der Waals surface area contributed by atoms with Crippen LogP contribution in [0.3, 0.4) is 0 Å². The number of hydrogen-bond acceptors (Lipinski definition) is 2. The van der Waals surface area contributed by atoms with Gasteiger partial charge in [-0.1, -0.05) is 25.8 Å². The molecule has 1 fully saturated rings. The summed E-state index contributed by atoms with van der Waals surface area (Å²) in [4.78, 5) is 0. The van der Waals surface area contributed by atoms with E-state index >= 15 is 0 Å². The van der Waals surface area contributed by atoms with Crippen LogP contribution in [0.5, 0.6) is 0 Å². The maximum absolute atomic E-state index is 14.5. The predicted molar refractivity (Wildman–Crippen MR) is 103 cm³/mol.